The lowest BCUT2D eigenvalue weighted by Crippen LogP contribution is -2.48. The number of anilines is 1. The van der Waals surface area contributed by atoms with Crippen molar-refractivity contribution in [3.8, 4) is 0 Å². The third-order valence-corrected chi connectivity index (χ3v) is 5.15. The predicted octanol–water partition coefficient (Wildman–Crippen LogP) is 2.05. The smallest absolute Gasteiger partial charge is 0.251 e. The summed E-state index contributed by atoms with van der Waals surface area (Å²) in [5.74, 6) is 0.189. The van der Waals surface area contributed by atoms with Crippen LogP contribution in [0.4, 0.5) is 5.69 Å². The molecule has 0 spiro atoms. The second-order valence-corrected chi connectivity index (χ2v) is 7.12. The number of amides is 2. The Balaban J connectivity index is 1.38. The van der Waals surface area contributed by atoms with Crippen LogP contribution in [0.15, 0.2) is 24.3 Å². The zero-order chi connectivity index (χ0) is 15.8. The van der Waals surface area contributed by atoms with Crippen molar-refractivity contribution in [2.45, 2.75) is 56.7 Å². The Kier molecular flexibility index (Phi) is 3.81. The molecule has 3 fully saturated rings. The number of nitrogens with one attached hydrogen (secondary N) is 3. The van der Waals surface area contributed by atoms with Crippen molar-refractivity contribution in [1.29, 1.82) is 0 Å². The first-order chi connectivity index (χ1) is 11.2. The summed E-state index contributed by atoms with van der Waals surface area (Å²) in [7, 11) is 0. The maximum atomic E-state index is 12.5. The van der Waals surface area contributed by atoms with Crippen LogP contribution in [0.2, 0.25) is 0 Å². The Labute approximate surface area is 136 Å². The van der Waals surface area contributed by atoms with Gasteiger partial charge in [0, 0.05) is 35.3 Å². The van der Waals surface area contributed by atoms with Crippen molar-refractivity contribution in [3.63, 3.8) is 0 Å². The van der Waals surface area contributed by atoms with E-state index in [0.717, 1.165) is 25.7 Å². The minimum atomic E-state index is -0.0428. The summed E-state index contributed by atoms with van der Waals surface area (Å²) in [6, 6.07) is 8.60. The van der Waals surface area contributed by atoms with Crippen LogP contribution in [0.5, 0.6) is 0 Å². The summed E-state index contributed by atoms with van der Waals surface area (Å²) >= 11 is 0. The monoisotopic (exact) mass is 313 g/mol. The maximum absolute atomic E-state index is 12.5. The molecule has 3 N–H and O–H groups in total. The van der Waals surface area contributed by atoms with E-state index < -0.39 is 0 Å². The van der Waals surface area contributed by atoms with Gasteiger partial charge in [-0.05, 0) is 56.7 Å². The number of rotatable bonds is 4. The fourth-order valence-electron chi connectivity index (χ4n) is 3.77. The molecule has 5 nitrogen and oxygen atoms in total. The van der Waals surface area contributed by atoms with Gasteiger partial charge in [0.2, 0.25) is 5.91 Å². The highest BCUT2D eigenvalue weighted by atomic mass is 16.2. The lowest BCUT2D eigenvalue weighted by Gasteiger charge is -2.29. The molecule has 0 aromatic heterocycles. The van der Waals surface area contributed by atoms with Gasteiger partial charge in [-0.1, -0.05) is 6.07 Å². The number of hydrogen-bond acceptors (Lipinski definition) is 3. The molecule has 1 aromatic carbocycles. The van der Waals surface area contributed by atoms with E-state index >= 15 is 0 Å². The van der Waals surface area contributed by atoms with E-state index in [-0.39, 0.29) is 23.8 Å². The molecule has 1 aliphatic carbocycles. The highest BCUT2D eigenvalue weighted by molar-refractivity contribution is 5.98. The van der Waals surface area contributed by atoms with E-state index in [0.29, 0.717) is 23.3 Å². The van der Waals surface area contributed by atoms with Crippen LogP contribution in [0.1, 0.15) is 48.9 Å². The Bertz CT molecular complexity index is 614. The summed E-state index contributed by atoms with van der Waals surface area (Å²) in [6.45, 7) is 0. The normalized spacial score (nSPS) is 29.1. The number of carbonyl (C=O) groups is 2. The van der Waals surface area contributed by atoms with Gasteiger partial charge < -0.3 is 16.0 Å². The molecule has 23 heavy (non-hydrogen) atoms. The molecule has 2 aliphatic heterocycles. The van der Waals surface area contributed by atoms with Crippen LogP contribution in [0, 0.1) is 5.92 Å². The van der Waals surface area contributed by atoms with E-state index in [1.54, 1.807) is 12.1 Å². The molecule has 2 unspecified atom stereocenters. The van der Waals surface area contributed by atoms with Crippen LogP contribution in [0.25, 0.3) is 0 Å². The number of piperidine rings is 1. The van der Waals surface area contributed by atoms with Crippen LogP contribution < -0.4 is 16.0 Å². The van der Waals surface area contributed by atoms with E-state index in [2.05, 4.69) is 16.0 Å². The predicted molar refractivity (Wildman–Crippen MR) is 88.2 cm³/mol. The van der Waals surface area contributed by atoms with Gasteiger partial charge in [0.15, 0.2) is 0 Å². The standard InChI is InChI=1S/C18H23N3O2/c22-17(11-4-5-11)20-13-3-1-2-12(8-13)18(23)21-16-9-14-6-7-15(10-16)19-14/h1-3,8,11,14-16,19H,4-7,9-10H2,(H,20,22)(H,21,23). The molecule has 2 amide bonds. The van der Waals surface area contributed by atoms with Crippen molar-refractivity contribution in [2.75, 3.05) is 5.32 Å². The molecule has 2 heterocycles. The Morgan fingerprint density at radius 1 is 1.04 bits per heavy atom. The van der Waals surface area contributed by atoms with Gasteiger partial charge in [-0.15, -0.1) is 0 Å². The highest BCUT2D eigenvalue weighted by Gasteiger charge is 2.34. The average Bonchev–Trinajstić information content (AvgIpc) is 3.33. The average molecular weight is 313 g/mol. The number of hydrogen-bond donors (Lipinski definition) is 3. The van der Waals surface area contributed by atoms with Crippen LogP contribution in [0.3, 0.4) is 0 Å². The first-order valence-electron chi connectivity index (χ1n) is 8.65. The van der Waals surface area contributed by atoms with E-state index in [9.17, 15) is 9.59 Å². The summed E-state index contributed by atoms with van der Waals surface area (Å²) in [5.41, 5.74) is 1.32. The molecule has 1 saturated carbocycles. The maximum Gasteiger partial charge on any atom is 0.251 e. The fourth-order valence-corrected chi connectivity index (χ4v) is 3.77. The van der Waals surface area contributed by atoms with Gasteiger partial charge in [0.25, 0.3) is 5.91 Å². The molecular weight excluding hydrogens is 290 g/mol. The molecule has 1 aromatic rings. The third-order valence-electron chi connectivity index (χ3n) is 5.15. The lowest BCUT2D eigenvalue weighted by atomic mass is 9.99. The first kappa shape index (κ1) is 14.7. The molecule has 2 saturated heterocycles. The summed E-state index contributed by atoms with van der Waals surface area (Å²) in [4.78, 5) is 24.3. The van der Waals surface area contributed by atoms with E-state index in [1.165, 1.54) is 12.8 Å². The Morgan fingerprint density at radius 3 is 2.48 bits per heavy atom. The van der Waals surface area contributed by atoms with Crippen molar-refractivity contribution < 1.29 is 9.59 Å². The van der Waals surface area contributed by atoms with Gasteiger partial charge >= 0.3 is 0 Å². The summed E-state index contributed by atoms with van der Waals surface area (Å²) < 4.78 is 0. The highest BCUT2D eigenvalue weighted by Crippen LogP contribution is 2.30. The first-order valence-corrected chi connectivity index (χ1v) is 8.65. The van der Waals surface area contributed by atoms with Crippen molar-refractivity contribution in [2.24, 2.45) is 5.92 Å². The molecule has 2 bridgehead atoms. The second-order valence-electron chi connectivity index (χ2n) is 7.12. The molecule has 0 radical (unpaired) electrons. The molecule has 122 valence electrons. The SMILES string of the molecule is O=C(NC1CC2CCC(C1)N2)c1cccc(NC(=O)C2CC2)c1. The van der Waals surface area contributed by atoms with Gasteiger partial charge in [-0.2, -0.15) is 0 Å². The second kappa shape index (κ2) is 5.96. The van der Waals surface area contributed by atoms with Gasteiger partial charge in [-0.3, -0.25) is 9.59 Å². The molecule has 3 aliphatic rings. The fraction of sp³-hybridized carbons (Fsp3) is 0.556. The van der Waals surface area contributed by atoms with Crippen molar-refractivity contribution >= 4 is 17.5 Å². The molecule has 2 atom stereocenters. The number of benzene rings is 1. The largest absolute Gasteiger partial charge is 0.349 e. The van der Waals surface area contributed by atoms with Gasteiger partial charge in [-0.25, -0.2) is 0 Å². The van der Waals surface area contributed by atoms with Crippen LogP contribution in [-0.2, 0) is 4.79 Å². The molecule has 5 heteroatoms. The van der Waals surface area contributed by atoms with Crippen molar-refractivity contribution in [1.82, 2.24) is 10.6 Å². The van der Waals surface area contributed by atoms with Crippen molar-refractivity contribution in [3.05, 3.63) is 29.8 Å². The lowest BCUT2D eigenvalue weighted by molar-refractivity contribution is -0.117. The minimum absolute atomic E-state index is 0.0428. The van der Waals surface area contributed by atoms with Gasteiger partial charge in [0.1, 0.15) is 0 Å². The third kappa shape index (κ3) is 3.39. The quantitative estimate of drug-likeness (QED) is 0.797. The minimum Gasteiger partial charge on any atom is -0.349 e. The van der Waals surface area contributed by atoms with Crippen LogP contribution >= 0.6 is 0 Å². The zero-order valence-corrected chi connectivity index (χ0v) is 13.2. The van der Waals surface area contributed by atoms with Crippen LogP contribution in [-0.4, -0.2) is 29.9 Å². The number of carbonyl (C=O) groups excluding carboxylic acids is 2. The molecule has 4 rings (SSSR count). The Morgan fingerprint density at radius 2 is 1.78 bits per heavy atom. The Hall–Kier alpha value is -1.88. The summed E-state index contributed by atoms with van der Waals surface area (Å²) in [6.07, 6.45) is 6.42. The summed E-state index contributed by atoms with van der Waals surface area (Å²) in [5, 5.41) is 9.64. The molecular formula is C18H23N3O2. The zero-order valence-electron chi connectivity index (χ0n) is 13.2. The number of fused-ring (bicyclic) bond motifs is 2. The van der Waals surface area contributed by atoms with E-state index in [1.807, 2.05) is 12.1 Å². The topological polar surface area (TPSA) is 70.2 Å². The van der Waals surface area contributed by atoms with Gasteiger partial charge in [0.05, 0.1) is 0 Å². The van der Waals surface area contributed by atoms with E-state index in [4.69, 9.17) is 0 Å².